The molecule has 0 aromatic heterocycles. The number of piperazine rings is 2. The Balaban J connectivity index is 1.56. The van der Waals surface area contributed by atoms with Crippen molar-refractivity contribution in [2.75, 3.05) is 26.2 Å². The minimum absolute atomic E-state index is 0.0408. The maximum Gasteiger partial charge on any atom is 0.254 e. The number of fused-ring (bicyclic) bond motifs is 2. The monoisotopic (exact) mass is 365 g/mol. The number of rotatable bonds is 1. The van der Waals surface area contributed by atoms with E-state index in [4.69, 9.17) is 0 Å². The van der Waals surface area contributed by atoms with Crippen LogP contribution >= 0.6 is 0 Å². The van der Waals surface area contributed by atoms with E-state index in [2.05, 4.69) is 0 Å². The van der Waals surface area contributed by atoms with Gasteiger partial charge in [0.15, 0.2) is 0 Å². The summed E-state index contributed by atoms with van der Waals surface area (Å²) in [7, 11) is 0. The van der Waals surface area contributed by atoms with E-state index in [-0.39, 0.29) is 50.0 Å². The van der Waals surface area contributed by atoms with Crippen LogP contribution in [-0.4, -0.2) is 81.9 Å². The van der Waals surface area contributed by atoms with Crippen LogP contribution < -0.4 is 0 Å². The summed E-state index contributed by atoms with van der Waals surface area (Å²) in [5.41, 5.74) is -0.139. The molecular weight excluding hydrogens is 348 g/mol. The van der Waals surface area contributed by atoms with Gasteiger partial charge in [-0.3, -0.25) is 14.4 Å². The smallest absolute Gasteiger partial charge is 0.254 e. The van der Waals surface area contributed by atoms with Crippen LogP contribution in [0.25, 0.3) is 0 Å². The number of aliphatic hydroxyl groups excluding tert-OH is 1. The number of amides is 3. The van der Waals surface area contributed by atoms with E-state index < -0.39 is 35.7 Å². The SMILES string of the molecule is O=C(c1cc(F)cc(F)c1)N1CCN2C(=O)[C@@H]3C[C@@H](O)CN3C(=O)[C@H]2C1. The first kappa shape index (κ1) is 16.9. The summed E-state index contributed by atoms with van der Waals surface area (Å²) in [4.78, 5) is 42.0. The Kier molecular flexibility index (Phi) is 3.91. The third-order valence-corrected chi connectivity index (χ3v) is 5.19. The van der Waals surface area contributed by atoms with Gasteiger partial charge in [0.25, 0.3) is 5.91 Å². The van der Waals surface area contributed by atoms with E-state index in [0.717, 1.165) is 12.1 Å². The Morgan fingerprint density at radius 3 is 2.31 bits per heavy atom. The van der Waals surface area contributed by atoms with Crippen molar-refractivity contribution < 1.29 is 28.3 Å². The number of hydrogen-bond acceptors (Lipinski definition) is 4. The molecule has 3 atom stereocenters. The van der Waals surface area contributed by atoms with Crippen molar-refractivity contribution >= 4 is 17.7 Å². The molecular formula is C17H17F2N3O4. The molecule has 3 fully saturated rings. The summed E-state index contributed by atoms with van der Waals surface area (Å²) in [6.07, 6.45) is -0.513. The Morgan fingerprint density at radius 2 is 1.62 bits per heavy atom. The second kappa shape index (κ2) is 6.01. The molecule has 1 aromatic carbocycles. The van der Waals surface area contributed by atoms with E-state index in [9.17, 15) is 28.3 Å². The molecule has 138 valence electrons. The van der Waals surface area contributed by atoms with Crippen molar-refractivity contribution in [3.8, 4) is 0 Å². The van der Waals surface area contributed by atoms with E-state index in [1.807, 2.05) is 0 Å². The molecule has 3 saturated heterocycles. The fraction of sp³-hybridized carbons (Fsp3) is 0.471. The molecule has 0 radical (unpaired) electrons. The summed E-state index contributed by atoms with van der Waals surface area (Å²) in [6.45, 7) is 0.393. The topological polar surface area (TPSA) is 81.2 Å². The lowest BCUT2D eigenvalue weighted by Crippen LogP contribution is -2.69. The molecule has 0 aliphatic carbocycles. The quantitative estimate of drug-likeness (QED) is 0.734. The number of hydrogen-bond donors (Lipinski definition) is 1. The van der Waals surface area contributed by atoms with Gasteiger partial charge in [-0.2, -0.15) is 0 Å². The number of aliphatic hydroxyl groups is 1. The first-order valence-corrected chi connectivity index (χ1v) is 8.39. The summed E-state index contributed by atoms with van der Waals surface area (Å²) in [6, 6.07) is 1.09. The molecule has 1 N–H and O–H groups in total. The zero-order valence-electron chi connectivity index (χ0n) is 13.8. The van der Waals surface area contributed by atoms with Gasteiger partial charge in [0.05, 0.1) is 12.6 Å². The minimum Gasteiger partial charge on any atom is -0.391 e. The van der Waals surface area contributed by atoms with Gasteiger partial charge in [-0.25, -0.2) is 8.78 Å². The average molecular weight is 365 g/mol. The van der Waals surface area contributed by atoms with E-state index in [1.165, 1.54) is 14.7 Å². The van der Waals surface area contributed by atoms with Gasteiger partial charge in [0.2, 0.25) is 11.8 Å². The Labute approximate surface area is 147 Å². The molecule has 4 rings (SSSR count). The molecule has 3 heterocycles. The van der Waals surface area contributed by atoms with Crippen LogP contribution in [0, 0.1) is 11.6 Å². The Hall–Kier alpha value is -2.55. The lowest BCUT2D eigenvalue weighted by Gasteiger charge is -2.47. The second-order valence-electron chi connectivity index (χ2n) is 6.85. The van der Waals surface area contributed by atoms with Crippen molar-refractivity contribution in [1.29, 1.82) is 0 Å². The highest BCUT2D eigenvalue weighted by atomic mass is 19.1. The third-order valence-electron chi connectivity index (χ3n) is 5.19. The van der Waals surface area contributed by atoms with Gasteiger partial charge in [0.1, 0.15) is 23.7 Å². The number of carbonyl (C=O) groups is 3. The molecule has 9 heteroatoms. The molecule has 0 saturated carbocycles. The van der Waals surface area contributed by atoms with Crippen LogP contribution in [0.15, 0.2) is 18.2 Å². The molecule has 3 aliphatic rings. The van der Waals surface area contributed by atoms with Crippen LogP contribution in [0.5, 0.6) is 0 Å². The fourth-order valence-electron chi connectivity index (χ4n) is 3.98. The zero-order chi connectivity index (χ0) is 18.6. The van der Waals surface area contributed by atoms with Gasteiger partial charge in [-0.1, -0.05) is 0 Å². The largest absolute Gasteiger partial charge is 0.391 e. The first-order chi connectivity index (χ1) is 12.3. The predicted octanol–water partition coefficient (Wildman–Crippen LogP) is -0.407. The highest BCUT2D eigenvalue weighted by Crippen LogP contribution is 2.29. The standard InChI is InChI=1S/C17H17F2N3O4/c18-10-3-9(4-11(19)5-10)15(24)20-1-2-21-14(8-20)17(26)22-7-12(23)6-13(22)16(21)25/h3-5,12-14,23H,1-2,6-8H2/t12-,13+,14-/m1/s1. The summed E-state index contributed by atoms with van der Waals surface area (Å²) in [5.74, 6) is -2.84. The number of halogens is 2. The lowest BCUT2D eigenvalue weighted by atomic mass is 10.0. The molecule has 3 amide bonds. The molecule has 3 aliphatic heterocycles. The van der Waals surface area contributed by atoms with Crippen molar-refractivity contribution in [3.63, 3.8) is 0 Å². The molecule has 0 spiro atoms. The van der Waals surface area contributed by atoms with Crippen molar-refractivity contribution in [1.82, 2.24) is 14.7 Å². The molecule has 7 nitrogen and oxygen atoms in total. The van der Waals surface area contributed by atoms with Gasteiger partial charge in [-0.05, 0) is 12.1 Å². The number of nitrogens with zero attached hydrogens (tertiary/aromatic N) is 3. The molecule has 1 aromatic rings. The van der Waals surface area contributed by atoms with Crippen LogP contribution in [-0.2, 0) is 9.59 Å². The van der Waals surface area contributed by atoms with Crippen LogP contribution in [0.3, 0.4) is 0 Å². The maximum absolute atomic E-state index is 13.4. The third kappa shape index (κ3) is 2.63. The van der Waals surface area contributed by atoms with Crippen LogP contribution in [0.2, 0.25) is 0 Å². The normalized spacial score (nSPS) is 28.3. The Bertz CT molecular complexity index is 782. The average Bonchev–Trinajstić information content (AvgIpc) is 3.00. The van der Waals surface area contributed by atoms with Crippen molar-refractivity contribution in [3.05, 3.63) is 35.4 Å². The van der Waals surface area contributed by atoms with Gasteiger partial charge < -0.3 is 19.8 Å². The van der Waals surface area contributed by atoms with Gasteiger partial charge >= 0.3 is 0 Å². The highest BCUT2D eigenvalue weighted by molar-refractivity contribution is 5.99. The van der Waals surface area contributed by atoms with E-state index in [1.54, 1.807) is 0 Å². The van der Waals surface area contributed by atoms with E-state index in [0.29, 0.717) is 6.07 Å². The number of benzene rings is 1. The van der Waals surface area contributed by atoms with Crippen LogP contribution in [0.1, 0.15) is 16.8 Å². The molecule has 26 heavy (non-hydrogen) atoms. The first-order valence-electron chi connectivity index (χ1n) is 8.39. The highest BCUT2D eigenvalue weighted by Gasteiger charge is 2.51. The summed E-state index contributed by atoms with van der Waals surface area (Å²) in [5, 5.41) is 9.77. The van der Waals surface area contributed by atoms with Gasteiger partial charge in [-0.15, -0.1) is 0 Å². The van der Waals surface area contributed by atoms with Crippen LogP contribution in [0.4, 0.5) is 8.78 Å². The molecule has 0 unspecified atom stereocenters. The van der Waals surface area contributed by atoms with Gasteiger partial charge in [0, 0.05) is 37.7 Å². The predicted molar refractivity (Wildman–Crippen MR) is 83.9 cm³/mol. The Morgan fingerprint density at radius 1 is 0.962 bits per heavy atom. The van der Waals surface area contributed by atoms with E-state index >= 15 is 0 Å². The number of carbonyl (C=O) groups excluding carboxylic acids is 3. The second-order valence-corrected chi connectivity index (χ2v) is 6.85. The minimum atomic E-state index is -0.857. The van der Waals surface area contributed by atoms with Crippen molar-refractivity contribution in [2.45, 2.75) is 24.6 Å². The zero-order valence-corrected chi connectivity index (χ0v) is 13.8. The summed E-state index contributed by atoms with van der Waals surface area (Å²) >= 11 is 0. The van der Waals surface area contributed by atoms with Crippen molar-refractivity contribution in [2.24, 2.45) is 0 Å². The molecule has 0 bridgehead atoms. The summed E-state index contributed by atoms with van der Waals surface area (Å²) < 4.78 is 26.7. The lowest BCUT2D eigenvalue weighted by molar-refractivity contribution is -0.162. The maximum atomic E-state index is 13.4. The fourth-order valence-corrected chi connectivity index (χ4v) is 3.98.